The molecular weight excluding hydrogens is 230 g/mol. The lowest BCUT2D eigenvalue weighted by Gasteiger charge is -2.12. The van der Waals surface area contributed by atoms with E-state index in [1.54, 1.807) is 6.21 Å². The summed E-state index contributed by atoms with van der Waals surface area (Å²) in [6, 6.07) is 10.0. The normalized spacial score (nSPS) is 15.2. The monoisotopic (exact) mass is 249 g/mol. The fraction of sp³-hybridized carbons (Fsp3) is 0.357. The summed E-state index contributed by atoms with van der Waals surface area (Å²) >= 11 is 0. The fourth-order valence-corrected chi connectivity index (χ4v) is 1.72. The van der Waals surface area contributed by atoms with Gasteiger partial charge < -0.3 is 0 Å². The zero-order valence-corrected chi connectivity index (χ0v) is 11.6. The molecule has 0 spiro atoms. The lowest BCUT2D eigenvalue weighted by atomic mass is 10.1. The Labute approximate surface area is 106 Å². The summed E-state index contributed by atoms with van der Waals surface area (Å²) in [6.45, 7) is 7.69. The predicted octanol–water partition coefficient (Wildman–Crippen LogP) is 3.62. The first-order valence-corrected chi connectivity index (χ1v) is 6.70. The SMILES string of the molecule is CC(/C=N/S(=O)C(C)(C)C)=C\c1ccccc1. The Morgan fingerprint density at radius 2 is 1.82 bits per heavy atom. The average molecular weight is 249 g/mol. The smallest absolute Gasteiger partial charge is 0.144 e. The van der Waals surface area contributed by atoms with E-state index in [1.807, 2.05) is 64.1 Å². The Morgan fingerprint density at radius 3 is 2.35 bits per heavy atom. The van der Waals surface area contributed by atoms with Gasteiger partial charge >= 0.3 is 0 Å². The number of allylic oxidation sites excluding steroid dienone is 1. The number of hydrogen-bond donors (Lipinski definition) is 0. The van der Waals surface area contributed by atoms with Crippen LogP contribution in [0.4, 0.5) is 0 Å². The number of benzene rings is 1. The van der Waals surface area contributed by atoms with E-state index in [0.29, 0.717) is 0 Å². The van der Waals surface area contributed by atoms with Crippen LogP contribution in [0, 0.1) is 0 Å². The largest absolute Gasteiger partial charge is 0.234 e. The molecule has 0 N–H and O–H groups in total. The first-order chi connectivity index (χ1) is 7.89. The van der Waals surface area contributed by atoms with Gasteiger partial charge in [0.15, 0.2) is 0 Å². The van der Waals surface area contributed by atoms with Crippen molar-refractivity contribution in [2.45, 2.75) is 32.4 Å². The molecule has 0 aromatic heterocycles. The third-order valence-corrected chi connectivity index (χ3v) is 3.41. The van der Waals surface area contributed by atoms with Crippen molar-refractivity contribution < 1.29 is 4.21 Å². The van der Waals surface area contributed by atoms with Gasteiger partial charge in [-0.05, 0) is 38.8 Å². The van der Waals surface area contributed by atoms with Gasteiger partial charge in [0.05, 0.1) is 4.75 Å². The maximum Gasteiger partial charge on any atom is 0.144 e. The van der Waals surface area contributed by atoms with Crippen molar-refractivity contribution >= 4 is 23.3 Å². The van der Waals surface area contributed by atoms with Crippen molar-refractivity contribution in [3.05, 3.63) is 41.5 Å². The standard InChI is InChI=1S/C14H19NOS/c1-12(10-13-8-6-5-7-9-13)11-15-17(16)14(2,3)4/h5-11H,1-4H3/b12-10+,15-11+. The molecule has 1 unspecified atom stereocenters. The van der Waals surface area contributed by atoms with Crippen molar-refractivity contribution in [1.82, 2.24) is 0 Å². The molecule has 0 aliphatic heterocycles. The highest BCUT2D eigenvalue weighted by Crippen LogP contribution is 2.12. The Morgan fingerprint density at radius 1 is 1.24 bits per heavy atom. The van der Waals surface area contributed by atoms with Crippen molar-refractivity contribution in [2.75, 3.05) is 0 Å². The van der Waals surface area contributed by atoms with Gasteiger partial charge in [-0.1, -0.05) is 36.4 Å². The summed E-state index contributed by atoms with van der Waals surface area (Å²) in [6.07, 6.45) is 3.69. The molecule has 0 bridgehead atoms. The van der Waals surface area contributed by atoms with Crippen LogP contribution in [0.5, 0.6) is 0 Å². The van der Waals surface area contributed by atoms with Crippen LogP contribution >= 0.6 is 0 Å². The second-order valence-electron chi connectivity index (χ2n) is 4.90. The van der Waals surface area contributed by atoms with Crippen LogP contribution in [-0.2, 0) is 11.0 Å². The minimum Gasteiger partial charge on any atom is -0.234 e. The summed E-state index contributed by atoms with van der Waals surface area (Å²) < 4.78 is 15.5. The number of rotatable bonds is 3. The third kappa shape index (κ3) is 5.09. The van der Waals surface area contributed by atoms with Gasteiger partial charge in [0.1, 0.15) is 11.0 Å². The lowest BCUT2D eigenvalue weighted by Crippen LogP contribution is -2.19. The molecule has 0 aliphatic rings. The summed E-state index contributed by atoms with van der Waals surface area (Å²) in [5.74, 6) is 0. The molecular formula is C14H19NOS. The van der Waals surface area contributed by atoms with Crippen LogP contribution in [-0.4, -0.2) is 15.2 Å². The first-order valence-electron chi connectivity index (χ1n) is 5.59. The molecule has 1 aromatic carbocycles. The van der Waals surface area contributed by atoms with E-state index in [0.717, 1.165) is 11.1 Å². The number of nitrogens with zero attached hydrogens (tertiary/aromatic N) is 1. The molecule has 1 aromatic rings. The van der Waals surface area contributed by atoms with E-state index in [4.69, 9.17) is 0 Å². The zero-order valence-electron chi connectivity index (χ0n) is 10.8. The van der Waals surface area contributed by atoms with Crippen molar-refractivity contribution in [3.8, 4) is 0 Å². The average Bonchev–Trinajstić information content (AvgIpc) is 2.26. The Kier molecular flexibility index (Phi) is 4.82. The van der Waals surface area contributed by atoms with Crippen LogP contribution in [0.15, 0.2) is 40.3 Å². The van der Waals surface area contributed by atoms with Gasteiger partial charge in [0.25, 0.3) is 0 Å². The van der Waals surface area contributed by atoms with Crippen LogP contribution in [0.2, 0.25) is 0 Å². The quantitative estimate of drug-likeness (QED) is 0.752. The Hall–Kier alpha value is -1.22. The minimum absolute atomic E-state index is 0.302. The van der Waals surface area contributed by atoms with Crippen LogP contribution in [0.3, 0.4) is 0 Å². The number of hydrogen-bond acceptors (Lipinski definition) is 1. The van der Waals surface area contributed by atoms with Gasteiger partial charge in [0, 0.05) is 6.21 Å². The zero-order chi connectivity index (χ0) is 12.9. The molecule has 17 heavy (non-hydrogen) atoms. The highest BCUT2D eigenvalue weighted by molar-refractivity contribution is 7.85. The highest BCUT2D eigenvalue weighted by Gasteiger charge is 2.17. The summed E-state index contributed by atoms with van der Waals surface area (Å²) in [5.41, 5.74) is 2.12. The summed E-state index contributed by atoms with van der Waals surface area (Å²) in [4.78, 5) is 0. The second-order valence-corrected chi connectivity index (χ2v) is 6.83. The highest BCUT2D eigenvalue weighted by atomic mass is 32.2. The molecule has 0 aliphatic carbocycles. The predicted molar refractivity (Wildman–Crippen MR) is 76.5 cm³/mol. The molecule has 0 saturated heterocycles. The van der Waals surface area contributed by atoms with Crippen LogP contribution in [0.1, 0.15) is 33.3 Å². The maximum absolute atomic E-state index is 11.7. The molecule has 0 heterocycles. The van der Waals surface area contributed by atoms with Gasteiger partial charge in [-0.3, -0.25) is 0 Å². The molecule has 0 saturated carbocycles. The minimum atomic E-state index is -1.19. The molecule has 92 valence electrons. The molecule has 2 nitrogen and oxygen atoms in total. The Balaban J connectivity index is 2.73. The fourth-order valence-electron chi connectivity index (χ4n) is 1.14. The molecule has 0 fully saturated rings. The maximum atomic E-state index is 11.7. The van der Waals surface area contributed by atoms with Crippen LogP contribution in [0.25, 0.3) is 6.08 Å². The molecule has 3 heteroatoms. The van der Waals surface area contributed by atoms with Crippen molar-refractivity contribution in [2.24, 2.45) is 4.40 Å². The van der Waals surface area contributed by atoms with Gasteiger partial charge in [0.2, 0.25) is 0 Å². The topological polar surface area (TPSA) is 29.4 Å². The second kappa shape index (κ2) is 5.92. The molecule has 1 atom stereocenters. The van der Waals surface area contributed by atoms with Crippen molar-refractivity contribution in [3.63, 3.8) is 0 Å². The molecule has 0 radical (unpaired) electrons. The molecule has 0 amide bonds. The van der Waals surface area contributed by atoms with E-state index in [-0.39, 0.29) is 4.75 Å². The first kappa shape index (κ1) is 13.8. The summed E-state index contributed by atoms with van der Waals surface area (Å²) in [5, 5.41) is 0. The third-order valence-electron chi connectivity index (χ3n) is 2.07. The van der Waals surface area contributed by atoms with E-state index in [1.165, 1.54) is 0 Å². The van der Waals surface area contributed by atoms with Gasteiger partial charge in [-0.2, -0.15) is 4.40 Å². The lowest BCUT2D eigenvalue weighted by molar-refractivity contribution is 0.651. The van der Waals surface area contributed by atoms with E-state index >= 15 is 0 Å². The van der Waals surface area contributed by atoms with E-state index in [2.05, 4.69) is 4.40 Å². The van der Waals surface area contributed by atoms with Gasteiger partial charge in [-0.15, -0.1) is 0 Å². The van der Waals surface area contributed by atoms with Crippen molar-refractivity contribution in [1.29, 1.82) is 0 Å². The van der Waals surface area contributed by atoms with Crippen LogP contribution < -0.4 is 0 Å². The van der Waals surface area contributed by atoms with E-state index in [9.17, 15) is 4.21 Å². The molecule has 1 rings (SSSR count). The van der Waals surface area contributed by atoms with Gasteiger partial charge in [-0.25, -0.2) is 4.21 Å². The Bertz CT molecular complexity index is 441. The van der Waals surface area contributed by atoms with E-state index < -0.39 is 11.0 Å². The summed E-state index contributed by atoms with van der Waals surface area (Å²) in [7, 11) is -1.19.